The zero-order valence-corrected chi connectivity index (χ0v) is 14.1. The predicted molar refractivity (Wildman–Crippen MR) is 90.5 cm³/mol. The number of aliphatic carboxylic acids is 1. The minimum absolute atomic E-state index is 0.0372. The van der Waals surface area contributed by atoms with Gasteiger partial charge in [0.25, 0.3) is 5.91 Å². The highest BCUT2D eigenvalue weighted by Gasteiger charge is 2.39. The summed E-state index contributed by atoms with van der Waals surface area (Å²) in [5.74, 6) is -1.18. The number of carbonyl (C=O) groups is 2. The molecule has 0 aliphatic carbocycles. The van der Waals surface area contributed by atoms with Crippen LogP contribution in [0.2, 0.25) is 0 Å². The molecular formula is C16H18N2O6S. The second kappa shape index (κ2) is 8.02. The van der Waals surface area contributed by atoms with Crippen molar-refractivity contribution in [3.05, 3.63) is 41.0 Å². The van der Waals surface area contributed by atoms with E-state index in [4.69, 9.17) is 15.1 Å². The monoisotopic (exact) mass is 366 g/mol. The predicted octanol–water partition coefficient (Wildman–Crippen LogP) is 2.93. The second-order valence-corrected chi connectivity index (χ2v) is 7.25. The summed E-state index contributed by atoms with van der Waals surface area (Å²) in [4.78, 5) is 22.4. The van der Waals surface area contributed by atoms with Crippen molar-refractivity contribution >= 4 is 22.7 Å². The van der Waals surface area contributed by atoms with Crippen molar-refractivity contribution in [2.24, 2.45) is 0 Å². The number of hydrogen-bond donors (Lipinski definition) is 3. The van der Waals surface area contributed by atoms with E-state index >= 15 is 0 Å². The molecule has 1 heterocycles. The Labute approximate surface area is 146 Å². The summed E-state index contributed by atoms with van der Waals surface area (Å²) in [6, 6.07) is 7.97. The van der Waals surface area contributed by atoms with Gasteiger partial charge in [0, 0.05) is 13.0 Å². The molecule has 9 heteroatoms. The van der Waals surface area contributed by atoms with Crippen LogP contribution >= 0.6 is 10.8 Å². The number of carboxylic acid groups (broad SMARTS) is 1. The highest BCUT2D eigenvalue weighted by Crippen LogP contribution is 2.55. The number of unbranched alkanes of at least 4 members (excludes halogenated alkanes) is 2. The lowest BCUT2D eigenvalue weighted by Crippen LogP contribution is -2.29. The molecule has 0 aromatic heterocycles. The van der Waals surface area contributed by atoms with Gasteiger partial charge in [0.1, 0.15) is 5.75 Å². The number of nitrogens with zero attached hydrogens (tertiary/aromatic N) is 2. The van der Waals surface area contributed by atoms with Gasteiger partial charge < -0.3 is 9.84 Å². The van der Waals surface area contributed by atoms with E-state index in [1.807, 2.05) is 6.07 Å². The Hall–Kier alpha value is -2.54. The van der Waals surface area contributed by atoms with Crippen molar-refractivity contribution in [3.8, 4) is 11.8 Å². The zero-order chi connectivity index (χ0) is 18.4. The van der Waals surface area contributed by atoms with Crippen LogP contribution in [0, 0.1) is 11.3 Å². The van der Waals surface area contributed by atoms with Crippen molar-refractivity contribution in [2.75, 3.05) is 6.54 Å². The van der Waals surface area contributed by atoms with Crippen LogP contribution in [0.1, 0.15) is 31.2 Å². The first-order chi connectivity index (χ1) is 11.8. The van der Waals surface area contributed by atoms with Gasteiger partial charge in [-0.2, -0.15) is 5.26 Å². The number of amides is 1. The van der Waals surface area contributed by atoms with Gasteiger partial charge in [0.15, 0.2) is 0 Å². The topological polar surface area (TPSA) is 131 Å². The van der Waals surface area contributed by atoms with Crippen LogP contribution in [-0.4, -0.2) is 36.9 Å². The van der Waals surface area contributed by atoms with E-state index in [1.165, 1.54) is 24.3 Å². The van der Waals surface area contributed by atoms with Gasteiger partial charge >= 0.3 is 5.97 Å². The van der Waals surface area contributed by atoms with E-state index in [-0.39, 0.29) is 23.8 Å². The fourth-order valence-electron chi connectivity index (χ4n) is 2.23. The minimum Gasteiger partial charge on any atom is -0.481 e. The van der Waals surface area contributed by atoms with Gasteiger partial charge in [0.2, 0.25) is 5.09 Å². The van der Waals surface area contributed by atoms with Gasteiger partial charge in [-0.25, -0.2) is 4.31 Å². The normalized spacial score (nSPS) is 16.9. The molecule has 1 aromatic carbocycles. The Morgan fingerprint density at radius 1 is 1.20 bits per heavy atom. The molecule has 134 valence electrons. The number of benzene rings is 1. The fraction of sp³-hybridized carbons (Fsp3) is 0.312. The Balaban J connectivity index is 1.95. The molecule has 0 saturated carbocycles. The summed E-state index contributed by atoms with van der Waals surface area (Å²) in [7, 11) is -3.55. The first kappa shape index (κ1) is 18.8. The molecule has 0 atom stereocenters. The molecule has 1 aliphatic rings. The maximum atomic E-state index is 12.0. The molecule has 25 heavy (non-hydrogen) atoms. The molecule has 3 N–H and O–H groups in total. The first-order valence-corrected chi connectivity index (χ1v) is 9.06. The van der Waals surface area contributed by atoms with E-state index in [1.54, 1.807) is 0 Å². The average Bonchev–Trinajstić information content (AvgIpc) is 2.77. The molecule has 0 spiro atoms. The van der Waals surface area contributed by atoms with E-state index in [0.29, 0.717) is 24.8 Å². The van der Waals surface area contributed by atoms with E-state index in [0.717, 1.165) is 10.4 Å². The van der Waals surface area contributed by atoms with Crippen LogP contribution < -0.4 is 4.74 Å². The average molecular weight is 366 g/mol. The lowest BCUT2D eigenvalue weighted by molar-refractivity contribution is -0.137. The molecule has 0 unspecified atom stereocenters. The quantitative estimate of drug-likeness (QED) is 0.603. The van der Waals surface area contributed by atoms with E-state index in [2.05, 4.69) is 0 Å². The lowest BCUT2D eigenvalue weighted by atomic mass is 10.2. The van der Waals surface area contributed by atoms with Crippen LogP contribution in [0.5, 0.6) is 5.75 Å². The standard InChI is InChI=1S/C16H18N2O6S/c17-11-12-5-7-13(8-6-12)24-16-10-14(19)18(25(16,22)23)9-3-1-2-4-15(20)21/h5-8,10,22-23H,1-4,9H2,(H,20,21). The summed E-state index contributed by atoms with van der Waals surface area (Å²) < 4.78 is 26.9. The van der Waals surface area contributed by atoms with Gasteiger partial charge in [-0.15, -0.1) is 0 Å². The number of carbonyl (C=O) groups excluding carboxylic acids is 1. The van der Waals surface area contributed by atoms with Crippen molar-refractivity contribution in [1.29, 1.82) is 5.26 Å². The third-order valence-corrected chi connectivity index (χ3v) is 5.24. The molecule has 1 aromatic rings. The highest BCUT2D eigenvalue weighted by molar-refractivity contribution is 8.26. The summed E-state index contributed by atoms with van der Waals surface area (Å²) in [5.41, 5.74) is 0.429. The number of nitriles is 1. The summed E-state index contributed by atoms with van der Waals surface area (Å²) >= 11 is 0. The number of carboxylic acids is 1. The fourth-order valence-corrected chi connectivity index (χ4v) is 3.60. The molecular weight excluding hydrogens is 348 g/mol. The molecule has 0 saturated heterocycles. The van der Waals surface area contributed by atoms with Crippen LogP contribution in [0.3, 0.4) is 0 Å². The molecule has 1 aliphatic heterocycles. The lowest BCUT2D eigenvalue weighted by Gasteiger charge is -2.37. The largest absolute Gasteiger partial charge is 0.481 e. The second-order valence-electron chi connectivity index (χ2n) is 5.37. The number of hydrogen-bond acceptors (Lipinski definition) is 6. The van der Waals surface area contributed by atoms with Crippen LogP contribution in [0.4, 0.5) is 0 Å². The third-order valence-electron chi connectivity index (χ3n) is 3.52. The summed E-state index contributed by atoms with van der Waals surface area (Å²) in [6.45, 7) is 0.0948. The van der Waals surface area contributed by atoms with E-state index in [9.17, 15) is 18.7 Å². The van der Waals surface area contributed by atoms with Crippen molar-refractivity contribution in [1.82, 2.24) is 4.31 Å². The number of ether oxygens (including phenoxy) is 1. The maximum Gasteiger partial charge on any atom is 0.303 e. The summed E-state index contributed by atoms with van der Waals surface area (Å²) in [5, 5.41) is 17.1. The zero-order valence-electron chi connectivity index (χ0n) is 13.3. The van der Waals surface area contributed by atoms with Gasteiger partial charge in [-0.05, 0) is 37.1 Å². The van der Waals surface area contributed by atoms with Crippen molar-refractivity contribution in [2.45, 2.75) is 25.7 Å². The first-order valence-electron chi connectivity index (χ1n) is 7.56. The summed E-state index contributed by atoms with van der Waals surface area (Å²) in [6.07, 6.45) is 2.53. The number of rotatable bonds is 8. The van der Waals surface area contributed by atoms with Gasteiger partial charge in [0.05, 0.1) is 17.7 Å². The van der Waals surface area contributed by atoms with Crippen LogP contribution in [0.25, 0.3) is 0 Å². The maximum absolute atomic E-state index is 12.0. The van der Waals surface area contributed by atoms with Gasteiger partial charge in [-0.3, -0.25) is 18.7 Å². The Morgan fingerprint density at radius 2 is 1.88 bits per heavy atom. The van der Waals surface area contributed by atoms with Gasteiger partial charge in [-0.1, -0.05) is 17.2 Å². The SMILES string of the molecule is N#Cc1ccc(OC2=CC(=O)N(CCCCCC(=O)O)S2(O)O)cc1. The van der Waals surface area contributed by atoms with Crippen molar-refractivity contribution < 1.29 is 28.5 Å². The Bertz CT molecular complexity index is 723. The van der Waals surface area contributed by atoms with Crippen molar-refractivity contribution in [3.63, 3.8) is 0 Å². The minimum atomic E-state index is -3.55. The van der Waals surface area contributed by atoms with Crippen LogP contribution in [-0.2, 0) is 9.59 Å². The smallest absolute Gasteiger partial charge is 0.303 e. The molecule has 0 radical (unpaired) electrons. The Morgan fingerprint density at radius 3 is 2.48 bits per heavy atom. The molecule has 0 bridgehead atoms. The molecule has 0 fully saturated rings. The van der Waals surface area contributed by atoms with E-state index < -0.39 is 22.7 Å². The highest BCUT2D eigenvalue weighted by atomic mass is 32.3. The molecule has 1 amide bonds. The molecule has 8 nitrogen and oxygen atoms in total. The van der Waals surface area contributed by atoms with Crippen LogP contribution in [0.15, 0.2) is 35.4 Å². The molecule has 2 rings (SSSR count). The Kier molecular flexibility index (Phi) is 6.03. The third kappa shape index (κ3) is 4.73.